The minimum Gasteiger partial charge on any atom is -0.465 e. The summed E-state index contributed by atoms with van der Waals surface area (Å²) in [5.74, 6) is -0.816. The molecule has 0 unspecified atom stereocenters. The van der Waals surface area contributed by atoms with Gasteiger partial charge < -0.3 is 18.9 Å². The van der Waals surface area contributed by atoms with E-state index in [2.05, 4.69) is 6.58 Å². The van der Waals surface area contributed by atoms with Crippen molar-refractivity contribution < 1.29 is 28.5 Å². The van der Waals surface area contributed by atoms with Crippen molar-refractivity contribution in [1.29, 1.82) is 0 Å². The van der Waals surface area contributed by atoms with Crippen LogP contribution in [0.2, 0.25) is 0 Å². The molecule has 0 aromatic carbocycles. The highest BCUT2D eigenvalue weighted by Crippen LogP contribution is 2.33. The molecule has 6 nitrogen and oxygen atoms in total. The van der Waals surface area contributed by atoms with E-state index < -0.39 is 17.7 Å². The van der Waals surface area contributed by atoms with Gasteiger partial charge in [-0.25, -0.2) is 4.79 Å². The topological polar surface area (TPSA) is 71.1 Å². The van der Waals surface area contributed by atoms with Gasteiger partial charge in [-0.15, -0.1) is 0 Å². The second-order valence-corrected chi connectivity index (χ2v) is 7.87. The summed E-state index contributed by atoms with van der Waals surface area (Å²) in [4.78, 5) is 23.1. The molecule has 6 heteroatoms. The van der Waals surface area contributed by atoms with Crippen molar-refractivity contribution in [1.82, 2.24) is 0 Å². The molecule has 0 atom stereocenters. The first-order valence-electron chi connectivity index (χ1n) is 8.19. The normalized spacial score (nSPS) is 24.5. The minimum atomic E-state index is -0.499. The highest BCUT2D eigenvalue weighted by atomic mass is 16.7. The van der Waals surface area contributed by atoms with Gasteiger partial charge >= 0.3 is 11.9 Å². The van der Waals surface area contributed by atoms with Gasteiger partial charge in [0.15, 0.2) is 6.29 Å². The van der Waals surface area contributed by atoms with Gasteiger partial charge in [0.2, 0.25) is 0 Å². The number of hydrogen-bond acceptors (Lipinski definition) is 6. The van der Waals surface area contributed by atoms with Gasteiger partial charge in [-0.2, -0.15) is 0 Å². The van der Waals surface area contributed by atoms with Crippen molar-refractivity contribution in [2.45, 2.75) is 47.8 Å². The van der Waals surface area contributed by atoms with E-state index in [1.165, 1.54) is 0 Å². The molecule has 0 saturated carbocycles. The van der Waals surface area contributed by atoms with Crippen LogP contribution in [0.3, 0.4) is 0 Å². The zero-order valence-corrected chi connectivity index (χ0v) is 15.6. The molecule has 0 aliphatic carbocycles. The summed E-state index contributed by atoms with van der Waals surface area (Å²) in [6, 6.07) is 0. The van der Waals surface area contributed by atoms with Crippen LogP contribution in [0.25, 0.3) is 0 Å². The van der Waals surface area contributed by atoms with E-state index in [9.17, 15) is 9.59 Å². The zero-order chi connectivity index (χ0) is 18.5. The number of carbonyl (C=O) groups is 2. The molecule has 0 N–H and O–H groups in total. The summed E-state index contributed by atoms with van der Waals surface area (Å²) in [5, 5.41) is 0. The van der Waals surface area contributed by atoms with Crippen LogP contribution in [-0.4, -0.2) is 44.7 Å². The second kappa shape index (κ2) is 8.12. The van der Waals surface area contributed by atoms with Crippen LogP contribution in [0.15, 0.2) is 12.2 Å². The van der Waals surface area contributed by atoms with Gasteiger partial charge in [-0.1, -0.05) is 41.2 Å². The molecule has 1 aliphatic rings. The molecule has 138 valence electrons. The summed E-state index contributed by atoms with van der Waals surface area (Å²) in [6.45, 7) is 15.7. The zero-order valence-electron chi connectivity index (χ0n) is 15.6. The van der Waals surface area contributed by atoms with Crippen LogP contribution in [0.4, 0.5) is 0 Å². The SMILES string of the molecule is C=C(C)C(=O)OCC(C)(C)C1OCC(C)(COC(=O)C(C)C)CO1. The Bertz CT molecular complexity index is 472. The Labute approximate surface area is 144 Å². The molecule has 0 aromatic rings. The monoisotopic (exact) mass is 342 g/mol. The summed E-state index contributed by atoms with van der Waals surface area (Å²) >= 11 is 0. The Morgan fingerprint density at radius 3 is 2.25 bits per heavy atom. The van der Waals surface area contributed by atoms with Crippen LogP contribution >= 0.6 is 0 Å². The predicted molar refractivity (Wildman–Crippen MR) is 89.2 cm³/mol. The molecule has 0 amide bonds. The molecule has 1 rings (SSSR count). The fourth-order valence-electron chi connectivity index (χ4n) is 2.03. The Morgan fingerprint density at radius 2 is 1.79 bits per heavy atom. The predicted octanol–water partition coefficient (Wildman–Crippen LogP) is 2.71. The molecule has 0 radical (unpaired) electrons. The maximum absolute atomic E-state index is 11.6. The first-order chi connectivity index (χ1) is 11.0. The molecule has 0 aromatic heterocycles. The number of carbonyl (C=O) groups excluding carboxylic acids is 2. The first kappa shape index (κ1) is 20.6. The standard InChI is InChI=1S/C18H30O6/c1-12(2)14(19)21-8-17(5,6)16-23-10-18(7,11-24-16)9-22-15(20)13(3)4/h13,16H,1,8-11H2,2-7H3. The Morgan fingerprint density at radius 1 is 1.25 bits per heavy atom. The molecular weight excluding hydrogens is 312 g/mol. The molecule has 0 spiro atoms. The van der Waals surface area contributed by atoms with Crippen LogP contribution in [0.1, 0.15) is 41.5 Å². The van der Waals surface area contributed by atoms with Gasteiger partial charge in [0, 0.05) is 16.4 Å². The molecule has 0 bridgehead atoms. The third-order valence-corrected chi connectivity index (χ3v) is 3.76. The molecule has 1 aliphatic heterocycles. The Kier molecular flexibility index (Phi) is 6.98. The summed E-state index contributed by atoms with van der Waals surface area (Å²) in [6.07, 6.45) is -0.496. The summed E-state index contributed by atoms with van der Waals surface area (Å²) < 4.78 is 22.1. The average molecular weight is 342 g/mol. The number of rotatable bonds is 7. The fourth-order valence-corrected chi connectivity index (χ4v) is 2.03. The van der Waals surface area contributed by atoms with Crippen molar-refractivity contribution in [3.63, 3.8) is 0 Å². The lowest BCUT2D eigenvalue weighted by Crippen LogP contribution is -2.49. The summed E-state index contributed by atoms with van der Waals surface area (Å²) in [5.41, 5.74) is -0.525. The lowest BCUT2D eigenvalue weighted by Gasteiger charge is -2.42. The van der Waals surface area contributed by atoms with Gasteiger partial charge in [0.05, 0.1) is 19.1 Å². The van der Waals surface area contributed by atoms with E-state index in [1.807, 2.05) is 20.8 Å². The van der Waals surface area contributed by atoms with Crippen LogP contribution in [0.5, 0.6) is 0 Å². The van der Waals surface area contributed by atoms with Crippen molar-refractivity contribution in [3.05, 3.63) is 12.2 Å². The van der Waals surface area contributed by atoms with E-state index in [0.29, 0.717) is 18.8 Å². The van der Waals surface area contributed by atoms with Crippen LogP contribution in [0, 0.1) is 16.7 Å². The highest BCUT2D eigenvalue weighted by Gasteiger charge is 2.41. The Balaban J connectivity index is 2.49. The van der Waals surface area contributed by atoms with Crippen LogP contribution in [-0.2, 0) is 28.5 Å². The van der Waals surface area contributed by atoms with E-state index in [1.54, 1.807) is 20.8 Å². The number of esters is 2. The molecule has 1 saturated heterocycles. The van der Waals surface area contributed by atoms with E-state index in [-0.39, 0.29) is 30.5 Å². The van der Waals surface area contributed by atoms with Crippen molar-refractivity contribution >= 4 is 11.9 Å². The van der Waals surface area contributed by atoms with E-state index in [4.69, 9.17) is 18.9 Å². The lowest BCUT2D eigenvalue weighted by atomic mass is 9.89. The van der Waals surface area contributed by atoms with Crippen LogP contribution < -0.4 is 0 Å². The highest BCUT2D eigenvalue weighted by molar-refractivity contribution is 5.86. The third kappa shape index (κ3) is 5.91. The quantitative estimate of drug-likeness (QED) is 0.523. The first-order valence-corrected chi connectivity index (χ1v) is 8.19. The maximum atomic E-state index is 11.6. The fraction of sp³-hybridized carbons (Fsp3) is 0.778. The van der Waals surface area contributed by atoms with Gasteiger partial charge in [0.25, 0.3) is 0 Å². The molecule has 24 heavy (non-hydrogen) atoms. The molecular formula is C18H30O6. The van der Waals surface area contributed by atoms with E-state index in [0.717, 1.165) is 0 Å². The second-order valence-electron chi connectivity index (χ2n) is 7.87. The largest absolute Gasteiger partial charge is 0.465 e. The van der Waals surface area contributed by atoms with Gasteiger partial charge in [-0.05, 0) is 6.92 Å². The lowest BCUT2D eigenvalue weighted by molar-refractivity contribution is -0.277. The van der Waals surface area contributed by atoms with Crippen molar-refractivity contribution in [3.8, 4) is 0 Å². The van der Waals surface area contributed by atoms with Gasteiger partial charge in [0.1, 0.15) is 13.2 Å². The van der Waals surface area contributed by atoms with Gasteiger partial charge in [-0.3, -0.25) is 4.79 Å². The maximum Gasteiger partial charge on any atom is 0.333 e. The summed E-state index contributed by atoms with van der Waals surface area (Å²) in [7, 11) is 0. The molecule has 1 fully saturated rings. The van der Waals surface area contributed by atoms with E-state index >= 15 is 0 Å². The van der Waals surface area contributed by atoms with Crippen molar-refractivity contribution in [2.24, 2.45) is 16.7 Å². The number of hydrogen-bond donors (Lipinski definition) is 0. The Hall–Kier alpha value is -1.40. The smallest absolute Gasteiger partial charge is 0.333 e. The minimum absolute atomic E-state index is 0.159. The van der Waals surface area contributed by atoms with Crippen molar-refractivity contribution in [2.75, 3.05) is 26.4 Å². The number of ether oxygens (including phenoxy) is 4. The third-order valence-electron chi connectivity index (χ3n) is 3.76. The average Bonchev–Trinajstić information content (AvgIpc) is 2.50. The molecule has 1 heterocycles.